The standard InChI is InChI=1S/C13H16ClN3S2/c1-17(7-8-5-6-11(14)18-8)13-16-10-4-2-3-9(15)12(10)19-13/h5-6,9H,2-4,7,15H2,1H3. The first-order chi connectivity index (χ1) is 9.13. The Bertz CT molecular complexity index is 578. The molecule has 0 spiro atoms. The summed E-state index contributed by atoms with van der Waals surface area (Å²) in [6.45, 7) is 0.846. The van der Waals surface area contributed by atoms with Crippen LogP contribution in [0.1, 0.15) is 34.3 Å². The summed E-state index contributed by atoms with van der Waals surface area (Å²) in [6, 6.07) is 4.19. The molecule has 0 amide bonds. The molecule has 0 aliphatic heterocycles. The fraction of sp³-hybridized carbons (Fsp3) is 0.462. The van der Waals surface area contributed by atoms with Gasteiger partial charge in [0, 0.05) is 22.8 Å². The van der Waals surface area contributed by atoms with Crippen LogP contribution in [0, 0.1) is 0 Å². The van der Waals surface area contributed by atoms with E-state index in [1.54, 1.807) is 22.7 Å². The van der Waals surface area contributed by atoms with Crippen molar-refractivity contribution in [2.24, 2.45) is 5.73 Å². The molecular weight excluding hydrogens is 298 g/mol. The number of aryl methyl sites for hydroxylation is 1. The molecule has 19 heavy (non-hydrogen) atoms. The Labute approximate surface area is 126 Å². The van der Waals surface area contributed by atoms with E-state index in [1.165, 1.54) is 15.4 Å². The Morgan fingerprint density at radius 1 is 1.47 bits per heavy atom. The number of nitrogens with two attached hydrogens (primary N) is 1. The number of nitrogens with zero attached hydrogens (tertiary/aromatic N) is 2. The maximum absolute atomic E-state index is 6.15. The van der Waals surface area contributed by atoms with E-state index < -0.39 is 0 Å². The summed E-state index contributed by atoms with van der Waals surface area (Å²) in [5.74, 6) is 0. The monoisotopic (exact) mass is 313 g/mol. The number of halogens is 1. The first-order valence-electron chi connectivity index (χ1n) is 6.34. The third kappa shape index (κ3) is 2.79. The SMILES string of the molecule is CN(Cc1ccc(Cl)s1)c1nc2c(s1)C(N)CCC2. The molecule has 1 aliphatic carbocycles. The van der Waals surface area contributed by atoms with Crippen molar-refractivity contribution in [3.63, 3.8) is 0 Å². The molecule has 0 fully saturated rings. The van der Waals surface area contributed by atoms with Crippen molar-refractivity contribution in [2.45, 2.75) is 31.8 Å². The normalized spacial score (nSPS) is 18.4. The van der Waals surface area contributed by atoms with Crippen LogP contribution in [-0.4, -0.2) is 12.0 Å². The average molecular weight is 314 g/mol. The largest absolute Gasteiger partial charge is 0.346 e. The van der Waals surface area contributed by atoms with Crippen molar-refractivity contribution in [3.05, 3.63) is 31.9 Å². The van der Waals surface area contributed by atoms with Crippen LogP contribution in [0.5, 0.6) is 0 Å². The highest BCUT2D eigenvalue weighted by molar-refractivity contribution is 7.16. The van der Waals surface area contributed by atoms with E-state index in [-0.39, 0.29) is 6.04 Å². The second-order valence-electron chi connectivity index (χ2n) is 4.87. The molecule has 1 atom stereocenters. The van der Waals surface area contributed by atoms with Gasteiger partial charge < -0.3 is 10.6 Å². The summed E-state index contributed by atoms with van der Waals surface area (Å²) < 4.78 is 0.837. The average Bonchev–Trinajstić information content (AvgIpc) is 2.96. The maximum Gasteiger partial charge on any atom is 0.185 e. The number of hydrogen-bond donors (Lipinski definition) is 1. The van der Waals surface area contributed by atoms with Crippen molar-refractivity contribution >= 4 is 39.4 Å². The Hall–Kier alpha value is -0.620. The van der Waals surface area contributed by atoms with Gasteiger partial charge in [0.1, 0.15) is 0 Å². The van der Waals surface area contributed by atoms with Gasteiger partial charge in [-0.1, -0.05) is 22.9 Å². The zero-order valence-electron chi connectivity index (χ0n) is 10.7. The number of thiazole rings is 1. The molecule has 0 radical (unpaired) electrons. The smallest absolute Gasteiger partial charge is 0.185 e. The van der Waals surface area contributed by atoms with Gasteiger partial charge in [-0.15, -0.1) is 11.3 Å². The third-order valence-corrected chi connectivity index (χ3v) is 5.89. The van der Waals surface area contributed by atoms with E-state index in [2.05, 4.69) is 18.0 Å². The zero-order valence-corrected chi connectivity index (χ0v) is 13.1. The Kier molecular flexibility index (Phi) is 3.80. The molecule has 6 heteroatoms. The Balaban J connectivity index is 1.78. The van der Waals surface area contributed by atoms with Crippen molar-refractivity contribution in [1.82, 2.24) is 4.98 Å². The highest BCUT2D eigenvalue weighted by Crippen LogP contribution is 2.36. The Morgan fingerprint density at radius 3 is 3.00 bits per heavy atom. The maximum atomic E-state index is 6.15. The predicted octanol–water partition coefficient (Wildman–Crippen LogP) is 3.83. The second-order valence-corrected chi connectivity index (χ2v) is 7.68. The fourth-order valence-corrected chi connectivity index (χ4v) is 4.59. The van der Waals surface area contributed by atoms with Crippen LogP contribution in [0.3, 0.4) is 0 Å². The molecule has 3 rings (SSSR count). The topological polar surface area (TPSA) is 42.2 Å². The first kappa shape index (κ1) is 13.4. The number of fused-ring (bicyclic) bond motifs is 1. The molecule has 0 saturated carbocycles. The predicted molar refractivity (Wildman–Crippen MR) is 83.4 cm³/mol. The summed E-state index contributed by atoms with van der Waals surface area (Å²) in [5, 5.41) is 1.06. The number of aromatic nitrogens is 1. The fourth-order valence-electron chi connectivity index (χ4n) is 2.34. The molecule has 0 aromatic carbocycles. The lowest BCUT2D eigenvalue weighted by Crippen LogP contribution is -2.15. The summed E-state index contributed by atoms with van der Waals surface area (Å²) >= 11 is 9.32. The van der Waals surface area contributed by atoms with Crippen molar-refractivity contribution in [3.8, 4) is 0 Å². The lowest BCUT2D eigenvalue weighted by atomic mass is 9.99. The number of hydrogen-bond acceptors (Lipinski definition) is 5. The molecule has 0 saturated heterocycles. The van der Waals surface area contributed by atoms with Gasteiger partial charge in [0.2, 0.25) is 0 Å². The molecule has 1 aliphatic rings. The zero-order chi connectivity index (χ0) is 13.4. The van der Waals surface area contributed by atoms with E-state index in [1.807, 2.05) is 6.07 Å². The van der Waals surface area contributed by atoms with Crippen molar-refractivity contribution in [2.75, 3.05) is 11.9 Å². The van der Waals surface area contributed by atoms with Gasteiger partial charge in [-0.2, -0.15) is 0 Å². The lowest BCUT2D eigenvalue weighted by molar-refractivity contribution is 0.573. The Morgan fingerprint density at radius 2 is 2.32 bits per heavy atom. The van der Waals surface area contributed by atoms with E-state index in [4.69, 9.17) is 22.3 Å². The van der Waals surface area contributed by atoms with Gasteiger partial charge in [-0.05, 0) is 31.4 Å². The van der Waals surface area contributed by atoms with Crippen LogP contribution in [-0.2, 0) is 13.0 Å². The minimum atomic E-state index is 0.180. The van der Waals surface area contributed by atoms with Crippen molar-refractivity contribution in [1.29, 1.82) is 0 Å². The molecule has 2 aromatic rings. The number of rotatable bonds is 3. The molecule has 102 valence electrons. The van der Waals surface area contributed by atoms with Gasteiger partial charge in [-0.25, -0.2) is 4.98 Å². The highest BCUT2D eigenvalue weighted by Gasteiger charge is 2.22. The number of anilines is 1. The molecule has 1 unspecified atom stereocenters. The van der Waals surface area contributed by atoms with E-state index in [0.717, 1.165) is 35.3 Å². The second kappa shape index (κ2) is 5.40. The van der Waals surface area contributed by atoms with Gasteiger partial charge in [0.05, 0.1) is 16.6 Å². The van der Waals surface area contributed by atoms with Crippen molar-refractivity contribution < 1.29 is 0 Å². The van der Waals surface area contributed by atoms with Crippen LogP contribution >= 0.6 is 34.3 Å². The van der Waals surface area contributed by atoms with Gasteiger partial charge >= 0.3 is 0 Å². The number of thiophene rings is 1. The van der Waals surface area contributed by atoms with Crippen LogP contribution in [0.15, 0.2) is 12.1 Å². The van der Waals surface area contributed by atoms with E-state index in [0.29, 0.717) is 0 Å². The summed E-state index contributed by atoms with van der Waals surface area (Å²) in [5.41, 5.74) is 7.36. The van der Waals surface area contributed by atoms with E-state index >= 15 is 0 Å². The van der Waals surface area contributed by atoms with Crippen LogP contribution in [0.25, 0.3) is 0 Å². The van der Waals surface area contributed by atoms with Gasteiger partial charge in [0.15, 0.2) is 5.13 Å². The highest BCUT2D eigenvalue weighted by atomic mass is 35.5. The first-order valence-corrected chi connectivity index (χ1v) is 8.35. The molecule has 2 N–H and O–H groups in total. The molecule has 3 nitrogen and oxygen atoms in total. The summed E-state index contributed by atoms with van der Waals surface area (Å²) in [6.07, 6.45) is 3.30. The molecule has 0 bridgehead atoms. The summed E-state index contributed by atoms with van der Waals surface area (Å²) in [4.78, 5) is 9.45. The third-order valence-electron chi connectivity index (χ3n) is 3.33. The van der Waals surface area contributed by atoms with Gasteiger partial charge in [0.25, 0.3) is 0 Å². The van der Waals surface area contributed by atoms with Gasteiger partial charge in [-0.3, -0.25) is 0 Å². The quantitative estimate of drug-likeness (QED) is 0.936. The molecular formula is C13H16ClN3S2. The minimum Gasteiger partial charge on any atom is -0.346 e. The molecule has 2 heterocycles. The molecule has 2 aromatic heterocycles. The van der Waals surface area contributed by atoms with E-state index in [9.17, 15) is 0 Å². The van der Waals surface area contributed by atoms with Crippen LogP contribution in [0.2, 0.25) is 4.34 Å². The minimum absolute atomic E-state index is 0.180. The van der Waals surface area contributed by atoms with Crippen LogP contribution < -0.4 is 10.6 Å². The summed E-state index contributed by atoms with van der Waals surface area (Å²) in [7, 11) is 2.07. The van der Waals surface area contributed by atoms with Crippen LogP contribution in [0.4, 0.5) is 5.13 Å². The lowest BCUT2D eigenvalue weighted by Gasteiger charge is -2.15.